The maximum Gasteiger partial charge on any atom is 0.323 e. The Morgan fingerprint density at radius 2 is 1.67 bits per heavy atom. The minimum absolute atomic E-state index is 0.0506. The summed E-state index contributed by atoms with van der Waals surface area (Å²) in [5.41, 5.74) is 2.87. The van der Waals surface area contributed by atoms with Gasteiger partial charge in [-0.25, -0.2) is 4.79 Å². The maximum atomic E-state index is 13.3. The Hall–Kier alpha value is -2.54. The van der Waals surface area contributed by atoms with Gasteiger partial charge in [-0.1, -0.05) is 38.3 Å². The van der Waals surface area contributed by atoms with Crippen molar-refractivity contribution in [2.24, 2.45) is 5.92 Å². The molecule has 6 nitrogen and oxygen atoms in total. The summed E-state index contributed by atoms with van der Waals surface area (Å²) in [7, 11) is 0. The van der Waals surface area contributed by atoms with Crippen molar-refractivity contribution in [2.75, 3.05) is 28.6 Å². The van der Waals surface area contributed by atoms with E-state index in [9.17, 15) is 9.59 Å². The van der Waals surface area contributed by atoms with Crippen LogP contribution in [0.25, 0.3) is 0 Å². The molecule has 1 heterocycles. The van der Waals surface area contributed by atoms with Gasteiger partial charge >= 0.3 is 6.03 Å². The SMILES string of the molecule is CC1CCN(c2ccc(NC(=O)Nc3ccccc3Br)cc2C(=O)NC2CCCCC2)CC1. The minimum Gasteiger partial charge on any atom is -0.371 e. The number of hydrogen-bond donors (Lipinski definition) is 3. The third kappa shape index (κ3) is 6.28. The highest BCUT2D eigenvalue weighted by molar-refractivity contribution is 9.10. The van der Waals surface area contributed by atoms with Crippen LogP contribution >= 0.6 is 15.9 Å². The highest BCUT2D eigenvalue weighted by Gasteiger charge is 2.24. The van der Waals surface area contributed by atoms with Crippen LogP contribution in [0, 0.1) is 5.92 Å². The fourth-order valence-corrected chi connectivity index (χ4v) is 5.06. The Balaban J connectivity index is 1.53. The molecule has 2 aromatic carbocycles. The first-order valence-corrected chi connectivity index (χ1v) is 12.8. The molecule has 1 aliphatic carbocycles. The number of rotatable bonds is 5. The topological polar surface area (TPSA) is 73.5 Å². The van der Waals surface area contributed by atoms with Crippen LogP contribution in [0.4, 0.5) is 21.9 Å². The fraction of sp³-hybridized carbons (Fsp3) is 0.462. The minimum atomic E-state index is -0.347. The third-order valence-corrected chi connectivity index (χ3v) is 7.38. The molecule has 2 aliphatic rings. The highest BCUT2D eigenvalue weighted by Crippen LogP contribution is 2.30. The number of halogens is 1. The molecule has 0 bridgehead atoms. The van der Waals surface area contributed by atoms with Gasteiger partial charge in [0.05, 0.1) is 11.3 Å². The smallest absolute Gasteiger partial charge is 0.323 e. The van der Waals surface area contributed by atoms with Crippen molar-refractivity contribution in [3.63, 3.8) is 0 Å². The second kappa shape index (κ2) is 11.1. The number of urea groups is 1. The Bertz CT molecular complexity index is 982. The van der Waals surface area contributed by atoms with Crippen LogP contribution in [0.1, 0.15) is 62.2 Å². The first-order valence-electron chi connectivity index (χ1n) is 12.0. The zero-order chi connectivity index (χ0) is 23.2. The average molecular weight is 513 g/mol. The summed E-state index contributed by atoms with van der Waals surface area (Å²) in [4.78, 5) is 28.2. The first-order chi connectivity index (χ1) is 16.0. The lowest BCUT2D eigenvalue weighted by molar-refractivity contribution is 0.0928. The highest BCUT2D eigenvalue weighted by atomic mass is 79.9. The summed E-state index contributed by atoms with van der Waals surface area (Å²) >= 11 is 3.44. The van der Waals surface area contributed by atoms with Gasteiger partial charge in [-0.3, -0.25) is 4.79 Å². The number of piperidine rings is 1. The predicted octanol–water partition coefficient (Wildman–Crippen LogP) is 6.39. The van der Waals surface area contributed by atoms with Gasteiger partial charge in [0.15, 0.2) is 0 Å². The van der Waals surface area contributed by atoms with Crippen LogP contribution < -0.4 is 20.9 Å². The molecule has 0 unspecified atom stereocenters. The molecule has 0 atom stereocenters. The Morgan fingerprint density at radius 3 is 2.39 bits per heavy atom. The van der Waals surface area contributed by atoms with Crippen molar-refractivity contribution >= 4 is 44.9 Å². The van der Waals surface area contributed by atoms with E-state index in [0.29, 0.717) is 22.9 Å². The van der Waals surface area contributed by atoms with Crippen molar-refractivity contribution in [2.45, 2.75) is 57.9 Å². The lowest BCUT2D eigenvalue weighted by atomic mass is 9.95. The number of anilines is 3. The van der Waals surface area contributed by atoms with Gasteiger partial charge in [-0.05, 0) is 77.9 Å². The number of carbonyl (C=O) groups is 2. The predicted molar refractivity (Wildman–Crippen MR) is 138 cm³/mol. The largest absolute Gasteiger partial charge is 0.371 e. The molecular weight excluding hydrogens is 480 g/mol. The van der Waals surface area contributed by atoms with Crippen LogP contribution in [0.15, 0.2) is 46.9 Å². The van der Waals surface area contributed by atoms with Gasteiger partial charge in [0.25, 0.3) is 5.91 Å². The fourth-order valence-electron chi connectivity index (χ4n) is 4.68. The number of nitrogens with one attached hydrogen (secondary N) is 3. The summed E-state index contributed by atoms with van der Waals surface area (Å²) in [5, 5.41) is 8.98. The van der Waals surface area contributed by atoms with E-state index in [0.717, 1.165) is 48.9 Å². The monoisotopic (exact) mass is 512 g/mol. The van der Waals surface area contributed by atoms with E-state index >= 15 is 0 Å². The van der Waals surface area contributed by atoms with Gasteiger partial charge in [0, 0.05) is 35.0 Å². The molecule has 0 radical (unpaired) electrons. The molecule has 3 N–H and O–H groups in total. The van der Waals surface area contributed by atoms with Gasteiger partial charge in [-0.15, -0.1) is 0 Å². The average Bonchev–Trinajstić information content (AvgIpc) is 2.82. The lowest BCUT2D eigenvalue weighted by Gasteiger charge is -2.34. The summed E-state index contributed by atoms with van der Waals surface area (Å²) < 4.78 is 0.808. The number of benzene rings is 2. The molecule has 1 saturated heterocycles. The summed E-state index contributed by atoms with van der Waals surface area (Å²) in [5.74, 6) is 0.660. The second-order valence-corrected chi connectivity index (χ2v) is 10.1. The lowest BCUT2D eigenvalue weighted by Crippen LogP contribution is -2.38. The second-order valence-electron chi connectivity index (χ2n) is 9.27. The van der Waals surface area contributed by atoms with Crippen molar-refractivity contribution in [1.29, 1.82) is 0 Å². The molecule has 1 saturated carbocycles. The van der Waals surface area contributed by atoms with Crippen molar-refractivity contribution in [3.05, 3.63) is 52.5 Å². The van der Waals surface area contributed by atoms with Crippen LogP contribution in [0.3, 0.4) is 0 Å². The molecule has 176 valence electrons. The van der Waals surface area contributed by atoms with Crippen LogP contribution in [-0.2, 0) is 0 Å². The molecule has 2 fully saturated rings. The number of para-hydroxylation sites is 1. The van der Waals surface area contributed by atoms with Gasteiger partial charge in [-0.2, -0.15) is 0 Å². The van der Waals surface area contributed by atoms with Crippen LogP contribution in [0.2, 0.25) is 0 Å². The number of hydrogen-bond acceptors (Lipinski definition) is 3. The van der Waals surface area contributed by atoms with E-state index < -0.39 is 0 Å². The van der Waals surface area contributed by atoms with E-state index in [-0.39, 0.29) is 18.0 Å². The summed E-state index contributed by atoms with van der Waals surface area (Å²) in [6.45, 7) is 4.17. The molecule has 0 spiro atoms. The normalized spacial score (nSPS) is 17.5. The standard InChI is InChI=1S/C26H33BrN4O2/c1-18-13-15-31(16-14-18)24-12-11-20(29-26(33)30-23-10-6-5-9-22(23)27)17-21(24)25(32)28-19-7-3-2-4-8-19/h5-6,9-12,17-19H,2-4,7-8,13-16H2,1H3,(H,28,32)(H2,29,30,33). The third-order valence-electron chi connectivity index (χ3n) is 6.69. The van der Waals surface area contributed by atoms with Gasteiger partial charge in [0.2, 0.25) is 0 Å². The van der Waals surface area contributed by atoms with Gasteiger partial charge in [0.1, 0.15) is 0 Å². The van der Waals surface area contributed by atoms with E-state index in [4.69, 9.17) is 0 Å². The van der Waals surface area contributed by atoms with E-state index in [1.54, 1.807) is 0 Å². The molecule has 7 heteroatoms. The Kier molecular flexibility index (Phi) is 7.91. The van der Waals surface area contributed by atoms with E-state index in [1.807, 2.05) is 42.5 Å². The zero-order valence-corrected chi connectivity index (χ0v) is 20.8. The van der Waals surface area contributed by atoms with E-state index in [2.05, 4.69) is 43.7 Å². The molecule has 0 aromatic heterocycles. The Labute approximate surface area is 204 Å². The molecule has 1 aliphatic heterocycles. The quantitative estimate of drug-likeness (QED) is 0.434. The van der Waals surface area contributed by atoms with Crippen LogP contribution in [-0.4, -0.2) is 31.1 Å². The molecular formula is C26H33BrN4O2. The zero-order valence-electron chi connectivity index (χ0n) is 19.2. The molecule has 2 aromatic rings. The number of carbonyl (C=O) groups excluding carboxylic acids is 2. The summed E-state index contributed by atoms with van der Waals surface area (Å²) in [6, 6.07) is 13.0. The van der Waals surface area contributed by atoms with Crippen molar-refractivity contribution in [1.82, 2.24) is 5.32 Å². The summed E-state index contributed by atoms with van der Waals surface area (Å²) in [6.07, 6.45) is 7.90. The van der Waals surface area contributed by atoms with Gasteiger partial charge < -0.3 is 20.9 Å². The molecule has 3 amide bonds. The van der Waals surface area contributed by atoms with Crippen molar-refractivity contribution in [3.8, 4) is 0 Å². The van der Waals surface area contributed by atoms with E-state index in [1.165, 1.54) is 19.3 Å². The number of nitrogens with zero attached hydrogens (tertiary/aromatic N) is 1. The number of amides is 3. The molecule has 4 rings (SSSR count). The maximum absolute atomic E-state index is 13.3. The van der Waals surface area contributed by atoms with Crippen LogP contribution in [0.5, 0.6) is 0 Å². The Morgan fingerprint density at radius 1 is 0.939 bits per heavy atom. The molecule has 33 heavy (non-hydrogen) atoms. The first kappa shape index (κ1) is 23.6. The van der Waals surface area contributed by atoms with Crippen molar-refractivity contribution < 1.29 is 9.59 Å².